The number of nitriles is 1. The second-order valence-electron chi connectivity index (χ2n) is 4.81. The molecule has 0 saturated heterocycles. The van der Waals surface area contributed by atoms with Crippen LogP contribution in [0.5, 0.6) is 11.6 Å². The van der Waals surface area contributed by atoms with Crippen LogP contribution in [0, 0.1) is 11.3 Å². The molecule has 4 nitrogen and oxygen atoms in total. The zero-order valence-electron chi connectivity index (χ0n) is 12.0. The lowest BCUT2D eigenvalue weighted by molar-refractivity contribution is 0.398. The number of phenolic OH excluding ortho intramolecular Hbond substituents is 1. The Morgan fingerprint density at radius 1 is 1.13 bits per heavy atom. The summed E-state index contributed by atoms with van der Waals surface area (Å²) in [7, 11) is 1.47. The van der Waals surface area contributed by atoms with Crippen LogP contribution in [-0.2, 0) is 0 Å². The molecule has 2 aromatic carbocycles. The summed E-state index contributed by atoms with van der Waals surface area (Å²) in [6.07, 6.45) is 0. The average molecular weight is 434 g/mol. The molecular weight excluding hydrogens is 424 g/mol. The largest absolute Gasteiger partial charge is 0.507 e. The summed E-state index contributed by atoms with van der Waals surface area (Å²) in [6.45, 7) is 0. The summed E-state index contributed by atoms with van der Waals surface area (Å²) >= 11 is 6.84. The average Bonchev–Trinajstić information content (AvgIpc) is 2.55. The number of benzene rings is 2. The molecule has 3 aromatic rings. The van der Waals surface area contributed by atoms with Crippen LogP contribution in [0.2, 0.25) is 0 Å². The number of phenols is 1. The molecule has 3 rings (SSSR count). The molecule has 0 saturated carbocycles. The Morgan fingerprint density at radius 2 is 1.83 bits per heavy atom. The third kappa shape index (κ3) is 2.78. The Morgan fingerprint density at radius 3 is 2.52 bits per heavy atom. The van der Waals surface area contributed by atoms with Gasteiger partial charge < -0.3 is 9.84 Å². The van der Waals surface area contributed by atoms with Gasteiger partial charge in [0, 0.05) is 25.5 Å². The van der Waals surface area contributed by atoms with Gasteiger partial charge in [-0.25, -0.2) is 4.98 Å². The van der Waals surface area contributed by atoms with Crippen LogP contribution < -0.4 is 4.74 Å². The smallest absolute Gasteiger partial charge is 0.232 e. The molecule has 0 unspecified atom stereocenters. The van der Waals surface area contributed by atoms with Gasteiger partial charge in [0.2, 0.25) is 5.88 Å². The minimum atomic E-state index is 0.0826. The predicted octanol–water partition coefficient (Wildman–Crippen LogP) is 5.01. The number of aromatic hydroxyl groups is 1. The van der Waals surface area contributed by atoms with Crippen LogP contribution in [0.15, 0.2) is 45.3 Å². The minimum absolute atomic E-state index is 0.0826. The number of hydrogen-bond acceptors (Lipinski definition) is 4. The van der Waals surface area contributed by atoms with Crippen molar-refractivity contribution in [1.82, 2.24) is 4.98 Å². The molecule has 1 heterocycles. The molecule has 0 spiro atoms. The Labute approximate surface area is 149 Å². The second-order valence-corrected chi connectivity index (χ2v) is 6.64. The van der Waals surface area contributed by atoms with Crippen LogP contribution in [-0.4, -0.2) is 17.2 Å². The number of rotatable bonds is 2. The van der Waals surface area contributed by atoms with E-state index in [-0.39, 0.29) is 17.2 Å². The normalized spacial score (nSPS) is 10.5. The van der Waals surface area contributed by atoms with E-state index in [9.17, 15) is 10.4 Å². The number of pyridine rings is 1. The summed E-state index contributed by atoms with van der Waals surface area (Å²) in [6, 6.07) is 12.8. The lowest BCUT2D eigenvalue weighted by Gasteiger charge is -2.14. The maximum atomic E-state index is 10.3. The third-order valence-corrected chi connectivity index (χ3v) is 4.43. The van der Waals surface area contributed by atoms with E-state index in [1.54, 1.807) is 18.2 Å². The second kappa shape index (κ2) is 6.19. The van der Waals surface area contributed by atoms with Gasteiger partial charge in [-0.15, -0.1) is 0 Å². The zero-order valence-corrected chi connectivity index (χ0v) is 15.1. The molecule has 1 aromatic heterocycles. The molecule has 23 heavy (non-hydrogen) atoms. The molecule has 0 amide bonds. The molecule has 1 N–H and O–H groups in total. The summed E-state index contributed by atoms with van der Waals surface area (Å²) in [5.41, 5.74) is 2.10. The fourth-order valence-electron chi connectivity index (χ4n) is 2.45. The number of fused-ring (bicyclic) bond motifs is 1. The maximum absolute atomic E-state index is 10.3. The van der Waals surface area contributed by atoms with Crippen molar-refractivity contribution in [2.45, 2.75) is 0 Å². The van der Waals surface area contributed by atoms with Gasteiger partial charge >= 0.3 is 0 Å². The Balaban J connectivity index is 2.53. The summed E-state index contributed by atoms with van der Waals surface area (Å²) in [5, 5.41) is 20.7. The van der Waals surface area contributed by atoms with Crippen molar-refractivity contribution in [2.75, 3.05) is 7.11 Å². The van der Waals surface area contributed by atoms with Crippen molar-refractivity contribution >= 4 is 42.8 Å². The highest BCUT2D eigenvalue weighted by Gasteiger charge is 2.20. The first-order valence-corrected chi connectivity index (χ1v) is 8.20. The molecule has 0 atom stereocenters. The fraction of sp³-hybridized carbons (Fsp3) is 0.0588. The van der Waals surface area contributed by atoms with Gasteiger partial charge in [0.05, 0.1) is 12.6 Å². The summed E-state index contributed by atoms with van der Waals surface area (Å²) < 4.78 is 6.93. The van der Waals surface area contributed by atoms with Crippen LogP contribution in [0.3, 0.4) is 0 Å². The van der Waals surface area contributed by atoms with Crippen molar-refractivity contribution < 1.29 is 9.84 Å². The number of hydrogen-bond donors (Lipinski definition) is 1. The van der Waals surface area contributed by atoms with Gasteiger partial charge in [0.15, 0.2) is 0 Å². The quantitative estimate of drug-likeness (QED) is 0.616. The van der Waals surface area contributed by atoms with Gasteiger partial charge in [-0.2, -0.15) is 5.26 Å². The molecule has 114 valence electrons. The number of ether oxygens (including phenoxy) is 1. The van der Waals surface area contributed by atoms with E-state index in [4.69, 9.17) is 4.74 Å². The van der Waals surface area contributed by atoms with Crippen LogP contribution in [0.25, 0.3) is 22.0 Å². The first kappa shape index (κ1) is 15.8. The highest BCUT2D eigenvalue weighted by atomic mass is 79.9. The number of halogens is 2. The molecule has 0 aliphatic carbocycles. The van der Waals surface area contributed by atoms with E-state index in [1.165, 1.54) is 7.11 Å². The summed E-state index contributed by atoms with van der Waals surface area (Å²) in [5.74, 6) is 0.316. The first-order valence-electron chi connectivity index (χ1n) is 6.61. The molecule has 0 bridgehead atoms. The number of aromatic nitrogens is 1. The Kier molecular flexibility index (Phi) is 4.24. The molecule has 0 fully saturated rings. The van der Waals surface area contributed by atoms with Crippen LogP contribution in [0.1, 0.15) is 5.56 Å². The van der Waals surface area contributed by atoms with E-state index >= 15 is 0 Å². The topological polar surface area (TPSA) is 66.1 Å². The number of methoxy groups -OCH3 is 1. The first-order chi connectivity index (χ1) is 11.0. The Hall–Kier alpha value is -2.10. The van der Waals surface area contributed by atoms with Crippen molar-refractivity contribution in [3.05, 3.63) is 50.9 Å². The van der Waals surface area contributed by atoms with E-state index in [0.29, 0.717) is 16.6 Å². The molecule has 0 aliphatic heterocycles. The van der Waals surface area contributed by atoms with Gasteiger partial charge in [0.1, 0.15) is 17.4 Å². The Bertz CT molecular complexity index is 965. The minimum Gasteiger partial charge on any atom is -0.507 e. The predicted molar refractivity (Wildman–Crippen MR) is 95.5 cm³/mol. The molecule has 0 aliphatic rings. The van der Waals surface area contributed by atoms with E-state index < -0.39 is 0 Å². The molecule has 6 heteroatoms. The van der Waals surface area contributed by atoms with Gasteiger partial charge in [0.25, 0.3) is 0 Å². The van der Waals surface area contributed by atoms with Gasteiger partial charge in [-0.1, -0.05) is 31.9 Å². The van der Waals surface area contributed by atoms with Crippen molar-refractivity contribution in [2.24, 2.45) is 0 Å². The van der Waals surface area contributed by atoms with E-state index in [2.05, 4.69) is 42.9 Å². The van der Waals surface area contributed by atoms with Gasteiger partial charge in [-0.3, -0.25) is 0 Å². The molecule has 0 radical (unpaired) electrons. The SMILES string of the molecule is COc1nc2ccc(Br)cc2c(-c2cc(Br)ccc2O)c1C#N. The summed E-state index contributed by atoms with van der Waals surface area (Å²) in [4.78, 5) is 4.38. The maximum Gasteiger partial charge on any atom is 0.232 e. The lowest BCUT2D eigenvalue weighted by atomic mass is 9.96. The highest BCUT2D eigenvalue weighted by Crippen LogP contribution is 2.41. The fourth-order valence-corrected chi connectivity index (χ4v) is 3.17. The van der Waals surface area contributed by atoms with Crippen molar-refractivity contribution in [1.29, 1.82) is 5.26 Å². The third-order valence-electron chi connectivity index (χ3n) is 3.45. The highest BCUT2D eigenvalue weighted by molar-refractivity contribution is 9.10. The standard InChI is InChI=1S/C17H10Br2N2O2/c1-23-17-13(8-20)16(12-7-10(19)3-5-15(12)22)11-6-9(18)2-4-14(11)21-17/h2-7,22H,1H3. The lowest BCUT2D eigenvalue weighted by Crippen LogP contribution is -1.97. The monoisotopic (exact) mass is 432 g/mol. The van der Waals surface area contributed by atoms with Crippen LogP contribution >= 0.6 is 31.9 Å². The van der Waals surface area contributed by atoms with E-state index in [1.807, 2.05) is 18.2 Å². The molecular formula is C17H10Br2N2O2. The van der Waals surface area contributed by atoms with Crippen molar-refractivity contribution in [3.8, 4) is 28.8 Å². The van der Waals surface area contributed by atoms with Crippen molar-refractivity contribution in [3.63, 3.8) is 0 Å². The number of nitrogens with zero attached hydrogens (tertiary/aromatic N) is 2. The van der Waals surface area contributed by atoms with Crippen LogP contribution in [0.4, 0.5) is 0 Å². The van der Waals surface area contributed by atoms with Gasteiger partial charge in [-0.05, 0) is 36.4 Å². The zero-order chi connectivity index (χ0) is 16.6. The van der Waals surface area contributed by atoms with E-state index in [0.717, 1.165) is 14.3 Å².